The molecular weight excluding hydrogens is 260 g/mol. The van der Waals surface area contributed by atoms with Gasteiger partial charge >= 0.3 is 0 Å². The average molecular weight is 274 g/mol. The van der Waals surface area contributed by atoms with Crippen LogP contribution in [0, 0.1) is 0 Å². The first kappa shape index (κ1) is 13.4. The number of methoxy groups -OCH3 is 1. The van der Waals surface area contributed by atoms with Crippen LogP contribution in [0.1, 0.15) is 5.56 Å². The molecule has 0 atom stereocenters. The van der Waals surface area contributed by atoms with Crippen molar-refractivity contribution in [2.75, 3.05) is 7.11 Å². The fourth-order valence-electron chi connectivity index (χ4n) is 1.72. The first-order valence-corrected chi connectivity index (χ1v) is 7.23. The number of benzene rings is 2. The third-order valence-electron chi connectivity index (χ3n) is 2.63. The second-order valence-corrected chi connectivity index (χ2v) is 5.82. The smallest absolute Gasteiger partial charge is 0.210 e. The van der Waals surface area contributed by atoms with Crippen LogP contribution in [0.15, 0.2) is 71.8 Å². The molecule has 0 aliphatic heterocycles. The molecule has 98 valence electrons. The maximum absolute atomic E-state index is 12.6. The van der Waals surface area contributed by atoms with Crippen molar-refractivity contribution in [2.24, 2.45) is 0 Å². The first-order chi connectivity index (χ1) is 9.16. The Hall–Kier alpha value is -2.07. The molecular formula is C15H14O3S. The van der Waals surface area contributed by atoms with E-state index in [1.54, 1.807) is 54.6 Å². The molecule has 2 aromatic rings. The average Bonchev–Trinajstić information content (AvgIpc) is 2.46. The van der Waals surface area contributed by atoms with Gasteiger partial charge in [0.2, 0.25) is 9.84 Å². The monoisotopic (exact) mass is 274 g/mol. The molecule has 0 fully saturated rings. The van der Waals surface area contributed by atoms with Gasteiger partial charge < -0.3 is 4.74 Å². The van der Waals surface area contributed by atoms with E-state index in [-0.39, 0.29) is 9.80 Å². The fraction of sp³-hybridized carbons (Fsp3) is 0.0667. The zero-order valence-corrected chi connectivity index (χ0v) is 11.3. The quantitative estimate of drug-likeness (QED) is 0.805. The van der Waals surface area contributed by atoms with E-state index in [4.69, 9.17) is 4.74 Å². The van der Waals surface area contributed by atoms with Crippen LogP contribution in [0.25, 0.3) is 4.91 Å². The van der Waals surface area contributed by atoms with Crippen LogP contribution < -0.4 is 0 Å². The van der Waals surface area contributed by atoms with E-state index in [0.717, 1.165) is 0 Å². The van der Waals surface area contributed by atoms with Gasteiger partial charge in [-0.2, -0.15) is 0 Å². The number of hydrogen-bond acceptors (Lipinski definition) is 3. The molecule has 0 saturated carbocycles. The van der Waals surface area contributed by atoms with Crippen molar-refractivity contribution in [3.63, 3.8) is 0 Å². The number of hydrogen-bond donors (Lipinski definition) is 0. The lowest BCUT2D eigenvalue weighted by Gasteiger charge is -2.09. The van der Waals surface area contributed by atoms with Gasteiger partial charge in [0.1, 0.15) is 11.2 Å². The molecule has 2 aromatic carbocycles. The molecule has 2 rings (SSSR count). The van der Waals surface area contributed by atoms with Gasteiger partial charge in [0, 0.05) is 0 Å². The lowest BCUT2D eigenvalue weighted by atomic mass is 10.2. The maximum atomic E-state index is 12.6. The van der Waals surface area contributed by atoms with E-state index in [1.807, 2.05) is 6.07 Å². The molecule has 0 radical (unpaired) electrons. The summed E-state index contributed by atoms with van der Waals surface area (Å²) in [6, 6.07) is 17.2. The second kappa shape index (κ2) is 5.71. The van der Waals surface area contributed by atoms with Crippen molar-refractivity contribution in [1.82, 2.24) is 0 Å². The Kier molecular flexibility index (Phi) is 4.02. The SMILES string of the molecule is COC=C(c1ccccc1)S(=O)(=O)c1ccccc1. The minimum absolute atomic E-state index is 0.154. The number of ether oxygens (including phenoxy) is 1. The van der Waals surface area contributed by atoms with Crippen LogP contribution in [-0.4, -0.2) is 15.5 Å². The summed E-state index contributed by atoms with van der Waals surface area (Å²) in [7, 11) is -2.15. The predicted molar refractivity (Wildman–Crippen MR) is 75.1 cm³/mol. The van der Waals surface area contributed by atoms with Crippen molar-refractivity contribution in [1.29, 1.82) is 0 Å². The minimum atomic E-state index is -3.58. The Balaban J connectivity index is 2.56. The van der Waals surface area contributed by atoms with Crippen molar-refractivity contribution in [3.05, 3.63) is 72.5 Å². The third kappa shape index (κ3) is 2.85. The van der Waals surface area contributed by atoms with Gasteiger partial charge in [-0.3, -0.25) is 0 Å². The van der Waals surface area contributed by atoms with Crippen LogP contribution in [0.3, 0.4) is 0 Å². The zero-order chi connectivity index (χ0) is 13.7. The Morgan fingerprint density at radius 1 is 0.947 bits per heavy atom. The second-order valence-electron chi connectivity index (χ2n) is 3.90. The molecule has 0 aromatic heterocycles. The third-order valence-corrected chi connectivity index (χ3v) is 4.43. The number of rotatable bonds is 4. The molecule has 4 heteroatoms. The normalized spacial score (nSPS) is 12.2. The van der Waals surface area contributed by atoms with Crippen molar-refractivity contribution in [3.8, 4) is 0 Å². The molecule has 19 heavy (non-hydrogen) atoms. The summed E-state index contributed by atoms with van der Waals surface area (Å²) < 4.78 is 30.1. The van der Waals surface area contributed by atoms with Gasteiger partial charge in [0.05, 0.1) is 12.0 Å². The van der Waals surface area contributed by atoms with E-state index in [2.05, 4.69) is 0 Å². The summed E-state index contributed by atoms with van der Waals surface area (Å²) in [6.45, 7) is 0. The molecule has 0 unspecified atom stereocenters. The molecule has 0 saturated heterocycles. The van der Waals surface area contributed by atoms with Crippen LogP contribution >= 0.6 is 0 Å². The highest BCUT2D eigenvalue weighted by Gasteiger charge is 2.22. The standard InChI is InChI=1S/C15H14O3S/c1-18-12-15(13-8-4-2-5-9-13)19(16,17)14-10-6-3-7-11-14/h2-12H,1H3. The molecule has 0 bridgehead atoms. The molecule has 0 aliphatic rings. The van der Waals surface area contributed by atoms with E-state index < -0.39 is 9.84 Å². The summed E-state index contributed by atoms with van der Waals surface area (Å²) >= 11 is 0. The molecule has 0 heterocycles. The topological polar surface area (TPSA) is 43.4 Å². The summed E-state index contributed by atoms with van der Waals surface area (Å²) in [4.78, 5) is 0.406. The van der Waals surface area contributed by atoms with Crippen LogP contribution in [0.4, 0.5) is 0 Å². The predicted octanol–water partition coefficient (Wildman–Crippen LogP) is 3.11. The molecule has 0 spiro atoms. The van der Waals surface area contributed by atoms with Crippen molar-refractivity contribution < 1.29 is 13.2 Å². The number of sulfone groups is 1. The van der Waals surface area contributed by atoms with E-state index in [1.165, 1.54) is 13.4 Å². The summed E-state index contributed by atoms with van der Waals surface area (Å²) in [6.07, 6.45) is 1.26. The Bertz CT molecular complexity index is 659. The Labute approximate surface area is 113 Å². The maximum Gasteiger partial charge on any atom is 0.210 e. The summed E-state index contributed by atoms with van der Waals surface area (Å²) in [5, 5.41) is 0. The molecule has 0 aliphatic carbocycles. The van der Waals surface area contributed by atoms with Crippen LogP contribution in [-0.2, 0) is 14.6 Å². The highest BCUT2D eigenvalue weighted by molar-refractivity contribution is 8.00. The van der Waals surface area contributed by atoms with Gasteiger partial charge in [0.25, 0.3) is 0 Å². The van der Waals surface area contributed by atoms with E-state index >= 15 is 0 Å². The summed E-state index contributed by atoms with van der Waals surface area (Å²) in [5.74, 6) is 0. The summed E-state index contributed by atoms with van der Waals surface area (Å²) in [5.41, 5.74) is 0.605. The van der Waals surface area contributed by atoms with Gasteiger partial charge in [-0.05, 0) is 17.7 Å². The largest absolute Gasteiger partial charge is 0.503 e. The molecule has 0 amide bonds. The zero-order valence-electron chi connectivity index (χ0n) is 10.5. The first-order valence-electron chi connectivity index (χ1n) is 5.75. The highest BCUT2D eigenvalue weighted by Crippen LogP contribution is 2.27. The van der Waals surface area contributed by atoms with Crippen LogP contribution in [0.2, 0.25) is 0 Å². The van der Waals surface area contributed by atoms with Crippen LogP contribution in [0.5, 0.6) is 0 Å². The Morgan fingerprint density at radius 3 is 2.00 bits per heavy atom. The van der Waals surface area contributed by atoms with E-state index in [0.29, 0.717) is 5.56 Å². The lowest BCUT2D eigenvalue weighted by Crippen LogP contribution is -2.04. The minimum Gasteiger partial charge on any atom is -0.503 e. The van der Waals surface area contributed by atoms with Crippen molar-refractivity contribution in [2.45, 2.75) is 4.90 Å². The molecule has 0 N–H and O–H groups in total. The highest BCUT2D eigenvalue weighted by atomic mass is 32.2. The molecule has 3 nitrogen and oxygen atoms in total. The van der Waals surface area contributed by atoms with Gasteiger partial charge in [-0.25, -0.2) is 8.42 Å². The van der Waals surface area contributed by atoms with Gasteiger partial charge in [0.15, 0.2) is 0 Å². The Morgan fingerprint density at radius 2 is 1.47 bits per heavy atom. The van der Waals surface area contributed by atoms with E-state index in [9.17, 15) is 8.42 Å². The lowest BCUT2D eigenvalue weighted by molar-refractivity contribution is 0.340. The van der Waals surface area contributed by atoms with Gasteiger partial charge in [-0.15, -0.1) is 0 Å². The fourth-order valence-corrected chi connectivity index (χ4v) is 3.16. The van der Waals surface area contributed by atoms with Gasteiger partial charge in [-0.1, -0.05) is 48.5 Å². The van der Waals surface area contributed by atoms with Crippen molar-refractivity contribution >= 4 is 14.7 Å².